The molecule has 0 aliphatic rings. The third-order valence-corrected chi connectivity index (χ3v) is 3.80. The lowest BCUT2D eigenvalue weighted by Crippen LogP contribution is -2.43. The molecule has 0 saturated carbocycles. The van der Waals surface area contributed by atoms with Crippen LogP contribution in [0.1, 0.15) is 40.2 Å². The van der Waals surface area contributed by atoms with Gasteiger partial charge in [0.25, 0.3) is 0 Å². The third kappa shape index (κ3) is 12.2. The molecule has 0 fully saturated rings. The van der Waals surface area contributed by atoms with Crippen LogP contribution in [0, 0.1) is 11.3 Å². The number of guanidine groups is 1. The number of carbonyl (C=O) groups excluding carboxylic acids is 1. The van der Waals surface area contributed by atoms with Crippen LogP contribution in [0.5, 0.6) is 0 Å². The van der Waals surface area contributed by atoms with Gasteiger partial charge in [-0.1, -0.05) is 58.0 Å². The van der Waals surface area contributed by atoms with E-state index in [1.807, 2.05) is 45.9 Å². The van der Waals surface area contributed by atoms with Gasteiger partial charge in [0.2, 0.25) is 5.91 Å². The first-order valence-corrected chi connectivity index (χ1v) is 9.75. The van der Waals surface area contributed by atoms with Crippen molar-refractivity contribution in [2.75, 3.05) is 32.8 Å². The second-order valence-corrected chi connectivity index (χ2v) is 7.76. The zero-order chi connectivity index (χ0) is 20.1. The van der Waals surface area contributed by atoms with Gasteiger partial charge in [-0.25, -0.2) is 0 Å². The zero-order valence-corrected chi connectivity index (χ0v) is 20.2. The van der Waals surface area contributed by atoms with Gasteiger partial charge in [-0.3, -0.25) is 9.79 Å². The Balaban J connectivity index is 0.00000729. The molecular formula is C21H37IN4O2. The number of aliphatic imine (C=N–C) groups is 1. The Bertz CT molecular complexity index is 574. The van der Waals surface area contributed by atoms with Gasteiger partial charge in [-0.05, 0) is 18.4 Å². The van der Waals surface area contributed by atoms with E-state index in [4.69, 9.17) is 4.74 Å². The number of nitrogens with zero attached hydrogens (tertiary/aromatic N) is 1. The van der Waals surface area contributed by atoms with Gasteiger partial charge in [0.05, 0.1) is 13.2 Å². The minimum absolute atomic E-state index is 0. The molecule has 0 heterocycles. The summed E-state index contributed by atoms with van der Waals surface area (Å²) < 4.78 is 5.77. The van der Waals surface area contributed by atoms with Crippen molar-refractivity contribution in [1.29, 1.82) is 0 Å². The number of hydrogen-bond donors (Lipinski definition) is 3. The Hall–Kier alpha value is -1.35. The van der Waals surface area contributed by atoms with Crippen molar-refractivity contribution in [2.24, 2.45) is 16.3 Å². The maximum atomic E-state index is 11.9. The van der Waals surface area contributed by atoms with Crippen molar-refractivity contribution in [3.05, 3.63) is 35.9 Å². The maximum Gasteiger partial charge on any atom is 0.225 e. The number of ether oxygens (including phenoxy) is 1. The molecule has 6 nitrogen and oxygen atoms in total. The Morgan fingerprint density at radius 3 is 2.36 bits per heavy atom. The first-order chi connectivity index (χ1) is 12.8. The topological polar surface area (TPSA) is 74.8 Å². The van der Waals surface area contributed by atoms with Crippen LogP contribution in [0.25, 0.3) is 0 Å². The van der Waals surface area contributed by atoms with Crippen LogP contribution in [0.3, 0.4) is 0 Å². The molecule has 0 bridgehead atoms. The molecule has 0 saturated heterocycles. The first-order valence-electron chi connectivity index (χ1n) is 9.75. The fraction of sp³-hybridized carbons (Fsp3) is 0.619. The molecule has 160 valence electrons. The summed E-state index contributed by atoms with van der Waals surface area (Å²) >= 11 is 0. The van der Waals surface area contributed by atoms with E-state index in [1.165, 1.54) is 5.56 Å². The summed E-state index contributed by atoms with van der Waals surface area (Å²) in [4.78, 5) is 16.5. The lowest BCUT2D eigenvalue weighted by molar-refractivity contribution is -0.128. The van der Waals surface area contributed by atoms with Crippen molar-refractivity contribution in [3.63, 3.8) is 0 Å². The van der Waals surface area contributed by atoms with E-state index in [1.54, 1.807) is 0 Å². The standard InChI is InChI=1S/C21H36N4O2.HI/c1-6-22-20(24-13-12-23-19(26)21(3,4)5)25-14-17(2)15-27-16-18-10-8-7-9-11-18;/h7-11,17H,6,12-16H2,1-5H3,(H,23,26)(H2,22,24,25);1H. The summed E-state index contributed by atoms with van der Waals surface area (Å²) in [6.07, 6.45) is 0. The molecule has 0 aliphatic heterocycles. The van der Waals surface area contributed by atoms with E-state index in [0.29, 0.717) is 38.8 Å². The van der Waals surface area contributed by atoms with Crippen molar-refractivity contribution in [3.8, 4) is 0 Å². The van der Waals surface area contributed by atoms with Crippen LogP contribution in [-0.2, 0) is 16.1 Å². The summed E-state index contributed by atoms with van der Waals surface area (Å²) in [5, 5.41) is 9.40. The fourth-order valence-electron chi connectivity index (χ4n) is 2.22. The average Bonchev–Trinajstić information content (AvgIpc) is 2.63. The van der Waals surface area contributed by atoms with Crippen molar-refractivity contribution < 1.29 is 9.53 Å². The lowest BCUT2D eigenvalue weighted by Gasteiger charge is -2.18. The first kappa shape index (κ1) is 26.6. The molecule has 0 spiro atoms. The molecule has 1 rings (SSSR count). The SMILES string of the molecule is CCNC(=NCC(C)COCc1ccccc1)NCCNC(=O)C(C)(C)C.I. The highest BCUT2D eigenvalue weighted by atomic mass is 127. The van der Waals surface area contributed by atoms with Crippen LogP contribution < -0.4 is 16.0 Å². The zero-order valence-electron chi connectivity index (χ0n) is 17.9. The molecule has 1 aromatic rings. The molecule has 1 aromatic carbocycles. The van der Waals surface area contributed by atoms with Gasteiger partial charge in [0, 0.05) is 31.6 Å². The van der Waals surface area contributed by atoms with Crippen molar-refractivity contribution in [2.45, 2.75) is 41.2 Å². The van der Waals surface area contributed by atoms with E-state index < -0.39 is 0 Å². The van der Waals surface area contributed by atoms with Gasteiger partial charge < -0.3 is 20.7 Å². The highest BCUT2D eigenvalue weighted by molar-refractivity contribution is 14.0. The number of amides is 1. The molecule has 28 heavy (non-hydrogen) atoms. The fourth-order valence-corrected chi connectivity index (χ4v) is 2.22. The second kappa shape index (κ2) is 14.6. The van der Waals surface area contributed by atoms with E-state index >= 15 is 0 Å². The van der Waals surface area contributed by atoms with E-state index in [2.05, 4.69) is 40.0 Å². The predicted molar refractivity (Wildman–Crippen MR) is 127 cm³/mol. The van der Waals surface area contributed by atoms with E-state index in [0.717, 1.165) is 12.5 Å². The summed E-state index contributed by atoms with van der Waals surface area (Å²) in [6.45, 7) is 13.8. The molecule has 7 heteroatoms. The van der Waals surface area contributed by atoms with Crippen LogP contribution in [0.4, 0.5) is 0 Å². The summed E-state index contributed by atoms with van der Waals surface area (Å²) in [5.41, 5.74) is 0.814. The maximum absolute atomic E-state index is 11.9. The van der Waals surface area contributed by atoms with Crippen molar-refractivity contribution >= 4 is 35.8 Å². The Morgan fingerprint density at radius 1 is 1.11 bits per heavy atom. The number of nitrogens with one attached hydrogen (secondary N) is 3. The van der Waals surface area contributed by atoms with Crippen LogP contribution >= 0.6 is 24.0 Å². The average molecular weight is 504 g/mol. The largest absolute Gasteiger partial charge is 0.376 e. The Labute approximate surface area is 187 Å². The number of halogens is 1. The number of benzene rings is 1. The summed E-state index contributed by atoms with van der Waals surface area (Å²) in [7, 11) is 0. The normalized spacial score (nSPS) is 12.7. The van der Waals surface area contributed by atoms with E-state index in [-0.39, 0.29) is 35.3 Å². The number of rotatable bonds is 10. The van der Waals surface area contributed by atoms with Gasteiger partial charge in [0.15, 0.2) is 5.96 Å². The van der Waals surface area contributed by atoms with Crippen LogP contribution in [0.2, 0.25) is 0 Å². The minimum atomic E-state index is -0.367. The molecule has 3 N–H and O–H groups in total. The van der Waals surface area contributed by atoms with Gasteiger partial charge >= 0.3 is 0 Å². The number of hydrogen-bond acceptors (Lipinski definition) is 3. The smallest absolute Gasteiger partial charge is 0.225 e. The van der Waals surface area contributed by atoms with Gasteiger partial charge in [0.1, 0.15) is 0 Å². The second-order valence-electron chi connectivity index (χ2n) is 7.76. The molecule has 1 unspecified atom stereocenters. The summed E-state index contributed by atoms with van der Waals surface area (Å²) in [6, 6.07) is 10.2. The molecular weight excluding hydrogens is 467 g/mol. The molecule has 1 atom stereocenters. The van der Waals surface area contributed by atoms with Gasteiger partial charge in [-0.2, -0.15) is 0 Å². The molecule has 0 aliphatic carbocycles. The van der Waals surface area contributed by atoms with Crippen molar-refractivity contribution in [1.82, 2.24) is 16.0 Å². The Kier molecular flexibility index (Phi) is 13.9. The molecule has 0 radical (unpaired) electrons. The minimum Gasteiger partial charge on any atom is -0.376 e. The van der Waals surface area contributed by atoms with Crippen LogP contribution in [-0.4, -0.2) is 44.7 Å². The molecule has 0 aromatic heterocycles. The highest BCUT2D eigenvalue weighted by Crippen LogP contribution is 2.11. The van der Waals surface area contributed by atoms with E-state index in [9.17, 15) is 4.79 Å². The monoisotopic (exact) mass is 504 g/mol. The lowest BCUT2D eigenvalue weighted by atomic mass is 9.96. The number of carbonyl (C=O) groups is 1. The third-order valence-electron chi connectivity index (χ3n) is 3.80. The van der Waals surface area contributed by atoms with Gasteiger partial charge in [-0.15, -0.1) is 24.0 Å². The summed E-state index contributed by atoms with van der Waals surface area (Å²) in [5.74, 6) is 1.14. The quantitative estimate of drug-likeness (QED) is 0.198. The molecule has 1 amide bonds. The Morgan fingerprint density at radius 2 is 1.75 bits per heavy atom. The van der Waals surface area contributed by atoms with Crippen LogP contribution in [0.15, 0.2) is 35.3 Å². The highest BCUT2D eigenvalue weighted by Gasteiger charge is 2.20. The predicted octanol–water partition coefficient (Wildman–Crippen LogP) is 3.17.